The maximum atomic E-state index is 12.5. The summed E-state index contributed by atoms with van der Waals surface area (Å²) in [7, 11) is 0. The maximum Gasteiger partial charge on any atom is 0.291 e. The Morgan fingerprint density at radius 3 is 2.62 bits per heavy atom. The molecule has 32 heavy (non-hydrogen) atoms. The van der Waals surface area contributed by atoms with Gasteiger partial charge in [-0.15, -0.1) is 0 Å². The molecule has 0 aliphatic rings. The second-order valence-electron chi connectivity index (χ2n) is 7.43. The lowest BCUT2D eigenvalue weighted by atomic mass is 10.1. The number of nitrogens with zero attached hydrogens (tertiary/aromatic N) is 2. The molecule has 0 fully saturated rings. The van der Waals surface area contributed by atoms with Crippen LogP contribution in [0.5, 0.6) is 5.75 Å². The topological polar surface area (TPSA) is 69.3 Å². The largest absolute Gasteiger partial charge is 0.486 e. The maximum absolute atomic E-state index is 12.5. The molecule has 3 aromatic carbocycles. The zero-order chi connectivity index (χ0) is 21.8. The van der Waals surface area contributed by atoms with Crippen LogP contribution in [0.25, 0.3) is 10.8 Å². The van der Waals surface area contributed by atoms with E-state index in [1.165, 1.54) is 0 Å². The van der Waals surface area contributed by atoms with Crippen molar-refractivity contribution in [2.24, 2.45) is 0 Å². The molecule has 0 saturated heterocycles. The zero-order valence-corrected chi connectivity index (χ0v) is 17.3. The summed E-state index contributed by atoms with van der Waals surface area (Å²) in [5.74, 6) is 1.21. The molecule has 5 rings (SSSR count). The average Bonchev–Trinajstić information content (AvgIpc) is 3.48. The molecule has 6 nitrogen and oxygen atoms in total. The molecule has 0 aliphatic heterocycles. The molecule has 1 N–H and O–H groups in total. The van der Waals surface area contributed by atoms with Gasteiger partial charge in [0.05, 0.1) is 18.4 Å². The number of ether oxygens (including phenoxy) is 1. The van der Waals surface area contributed by atoms with Crippen LogP contribution in [-0.4, -0.2) is 15.7 Å². The molecular weight excluding hydrogens is 402 g/mol. The number of carbonyl (C=O) groups is 1. The number of hydrogen-bond donors (Lipinski definition) is 1. The van der Waals surface area contributed by atoms with Gasteiger partial charge in [-0.2, -0.15) is 5.10 Å². The van der Waals surface area contributed by atoms with Crippen LogP contribution in [0.3, 0.4) is 0 Å². The highest BCUT2D eigenvalue weighted by Crippen LogP contribution is 2.22. The van der Waals surface area contributed by atoms with Gasteiger partial charge in [0, 0.05) is 6.20 Å². The highest BCUT2D eigenvalue weighted by atomic mass is 16.5. The molecule has 0 atom stereocenters. The van der Waals surface area contributed by atoms with Gasteiger partial charge in [0.1, 0.15) is 18.1 Å². The molecule has 0 spiro atoms. The van der Waals surface area contributed by atoms with Crippen molar-refractivity contribution in [1.82, 2.24) is 9.78 Å². The summed E-state index contributed by atoms with van der Waals surface area (Å²) < 4.78 is 13.3. The van der Waals surface area contributed by atoms with Crippen LogP contribution in [0, 0.1) is 0 Å². The van der Waals surface area contributed by atoms with Gasteiger partial charge >= 0.3 is 0 Å². The third-order valence-electron chi connectivity index (χ3n) is 5.07. The number of carbonyl (C=O) groups excluding carboxylic acids is 1. The van der Waals surface area contributed by atoms with Crippen molar-refractivity contribution in [3.8, 4) is 5.75 Å². The van der Waals surface area contributed by atoms with Crippen LogP contribution < -0.4 is 10.1 Å². The molecule has 0 unspecified atom stereocenters. The van der Waals surface area contributed by atoms with Crippen molar-refractivity contribution in [3.05, 3.63) is 114 Å². The molecule has 2 heterocycles. The van der Waals surface area contributed by atoms with E-state index in [1.54, 1.807) is 29.2 Å². The molecule has 0 saturated carbocycles. The Labute approximate surface area is 185 Å². The minimum absolute atomic E-state index is 0.220. The highest BCUT2D eigenvalue weighted by molar-refractivity contribution is 6.02. The van der Waals surface area contributed by atoms with Gasteiger partial charge in [-0.25, -0.2) is 0 Å². The summed E-state index contributed by atoms with van der Waals surface area (Å²) in [5, 5.41) is 9.38. The fourth-order valence-electron chi connectivity index (χ4n) is 3.47. The summed E-state index contributed by atoms with van der Waals surface area (Å²) in [6.07, 6.45) is 3.41. The Bertz CT molecular complexity index is 1360. The molecule has 158 valence electrons. The van der Waals surface area contributed by atoms with Crippen LogP contribution in [0.2, 0.25) is 0 Å². The second kappa shape index (κ2) is 8.81. The van der Waals surface area contributed by atoms with E-state index in [9.17, 15) is 4.79 Å². The lowest BCUT2D eigenvalue weighted by molar-refractivity contribution is 0.0992. The number of rotatable bonds is 7. The monoisotopic (exact) mass is 423 g/mol. The Morgan fingerprint density at radius 1 is 0.938 bits per heavy atom. The van der Waals surface area contributed by atoms with Gasteiger partial charge in [0.15, 0.2) is 5.76 Å². The van der Waals surface area contributed by atoms with E-state index < -0.39 is 0 Å². The molecule has 1 amide bonds. The van der Waals surface area contributed by atoms with E-state index in [1.807, 2.05) is 66.7 Å². The van der Waals surface area contributed by atoms with Gasteiger partial charge < -0.3 is 14.5 Å². The third kappa shape index (κ3) is 4.54. The minimum Gasteiger partial charge on any atom is -0.486 e. The Hall–Kier alpha value is -4.32. The van der Waals surface area contributed by atoms with E-state index in [0.717, 1.165) is 22.1 Å². The number of amides is 1. The number of benzene rings is 3. The van der Waals surface area contributed by atoms with Crippen molar-refractivity contribution in [2.45, 2.75) is 13.2 Å². The predicted molar refractivity (Wildman–Crippen MR) is 123 cm³/mol. The SMILES string of the molecule is O=C(Nc1cnn(Cc2ccccc2)c1)c1ccc(COc2ccc3ccccc3c2)o1. The summed E-state index contributed by atoms with van der Waals surface area (Å²) in [4.78, 5) is 12.5. The second-order valence-corrected chi connectivity index (χ2v) is 7.43. The normalized spacial score (nSPS) is 10.9. The lowest BCUT2D eigenvalue weighted by Gasteiger charge is -2.06. The Balaban J connectivity index is 1.18. The van der Waals surface area contributed by atoms with Gasteiger partial charge in [0.2, 0.25) is 0 Å². The summed E-state index contributed by atoms with van der Waals surface area (Å²) in [6.45, 7) is 0.869. The van der Waals surface area contributed by atoms with Crippen molar-refractivity contribution in [3.63, 3.8) is 0 Å². The van der Waals surface area contributed by atoms with Crippen molar-refractivity contribution in [1.29, 1.82) is 0 Å². The van der Waals surface area contributed by atoms with Gasteiger partial charge in [0.25, 0.3) is 5.91 Å². The van der Waals surface area contributed by atoms with E-state index in [2.05, 4.69) is 16.5 Å². The van der Waals surface area contributed by atoms with Crippen molar-refractivity contribution >= 4 is 22.4 Å². The molecular formula is C26H21N3O3. The molecule has 6 heteroatoms. The number of furan rings is 1. The number of nitrogens with one attached hydrogen (secondary N) is 1. The van der Waals surface area contributed by atoms with Crippen molar-refractivity contribution < 1.29 is 13.9 Å². The first-order valence-electron chi connectivity index (χ1n) is 10.3. The van der Waals surface area contributed by atoms with E-state index in [4.69, 9.17) is 9.15 Å². The van der Waals surface area contributed by atoms with Crippen molar-refractivity contribution in [2.75, 3.05) is 5.32 Å². The minimum atomic E-state index is -0.332. The fourth-order valence-corrected chi connectivity index (χ4v) is 3.47. The first kappa shape index (κ1) is 19.6. The van der Waals surface area contributed by atoms with Crippen LogP contribution in [-0.2, 0) is 13.2 Å². The lowest BCUT2D eigenvalue weighted by Crippen LogP contribution is -2.10. The number of anilines is 1. The van der Waals surface area contributed by atoms with E-state index >= 15 is 0 Å². The predicted octanol–water partition coefficient (Wildman–Crippen LogP) is 5.51. The summed E-state index contributed by atoms with van der Waals surface area (Å²) >= 11 is 0. The van der Waals surface area contributed by atoms with Crippen LogP contribution in [0.15, 0.2) is 102 Å². The standard InChI is InChI=1S/C26H21N3O3/c30-26(28-22-15-27-29(17-22)16-19-6-2-1-3-7-19)25-13-12-24(32-25)18-31-23-11-10-20-8-4-5-9-21(20)14-23/h1-15,17H,16,18H2,(H,28,30). The average molecular weight is 423 g/mol. The first-order valence-corrected chi connectivity index (χ1v) is 10.3. The smallest absolute Gasteiger partial charge is 0.291 e. The third-order valence-corrected chi connectivity index (χ3v) is 5.07. The number of aromatic nitrogens is 2. The number of fused-ring (bicyclic) bond motifs is 1. The molecule has 0 radical (unpaired) electrons. The van der Waals surface area contributed by atoms with E-state index in [-0.39, 0.29) is 18.3 Å². The zero-order valence-electron chi connectivity index (χ0n) is 17.3. The van der Waals surface area contributed by atoms with Crippen LogP contribution in [0.4, 0.5) is 5.69 Å². The van der Waals surface area contributed by atoms with Gasteiger partial charge in [-0.1, -0.05) is 60.7 Å². The molecule has 0 aliphatic carbocycles. The van der Waals surface area contributed by atoms with Crippen LogP contribution >= 0.6 is 0 Å². The van der Waals surface area contributed by atoms with Crippen LogP contribution in [0.1, 0.15) is 21.9 Å². The highest BCUT2D eigenvalue weighted by Gasteiger charge is 2.13. The molecule has 5 aromatic rings. The summed E-state index contributed by atoms with van der Waals surface area (Å²) in [5.41, 5.74) is 1.74. The van der Waals surface area contributed by atoms with Gasteiger partial charge in [-0.3, -0.25) is 9.48 Å². The number of hydrogen-bond acceptors (Lipinski definition) is 4. The first-order chi connectivity index (χ1) is 15.7. The Morgan fingerprint density at radius 2 is 1.75 bits per heavy atom. The van der Waals surface area contributed by atoms with Gasteiger partial charge in [-0.05, 0) is 40.6 Å². The molecule has 0 bridgehead atoms. The Kier molecular flexibility index (Phi) is 5.41. The van der Waals surface area contributed by atoms with E-state index in [0.29, 0.717) is 18.0 Å². The fraction of sp³-hybridized carbons (Fsp3) is 0.0769. The summed E-state index contributed by atoms with van der Waals surface area (Å²) in [6, 6.07) is 27.4. The molecule has 2 aromatic heterocycles. The quantitative estimate of drug-likeness (QED) is 0.375.